The minimum absolute atomic E-state index is 0.127. The third-order valence-electron chi connectivity index (χ3n) is 3.47. The van der Waals surface area contributed by atoms with E-state index in [1.54, 1.807) is 13.1 Å². The second-order valence-corrected chi connectivity index (χ2v) is 5.32. The molecule has 0 amide bonds. The van der Waals surface area contributed by atoms with Gasteiger partial charge in [0, 0.05) is 6.54 Å². The van der Waals surface area contributed by atoms with E-state index >= 15 is 0 Å². The third kappa shape index (κ3) is 4.35. The van der Waals surface area contributed by atoms with Gasteiger partial charge in [-0.15, -0.1) is 0 Å². The SMILES string of the molecule is CNCc1ccc(OCC2CCC(C)O2)c(C(F)(F)F)c1. The van der Waals surface area contributed by atoms with Crippen molar-refractivity contribution in [2.24, 2.45) is 0 Å². The number of benzene rings is 1. The van der Waals surface area contributed by atoms with Gasteiger partial charge in [-0.05, 0) is 44.5 Å². The smallest absolute Gasteiger partial charge is 0.419 e. The molecule has 2 unspecified atom stereocenters. The molecule has 0 aromatic heterocycles. The first kappa shape index (κ1) is 16.1. The average molecular weight is 303 g/mol. The molecular weight excluding hydrogens is 283 g/mol. The molecule has 1 heterocycles. The Morgan fingerprint density at radius 3 is 2.67 bits per heavy atom. The van der Waals surface area contributed by atoms with Crippen LogP contribution < -0.4 is 10.1 Å². The lowest BCUT2D eigenvalue weighted by Gasteiger charge is -2.17. The molecule has 3 nitrogen and oxygen atoms in total. The van der Waals surface area contributed by atoms with E-state index in [-0.39, 0.29) is 24.6 Å². The molecule has 6 heteroatoms. The van der Waals surface area contributed by atoms with Crippen LogP contribution in [0.3, 0.4) is 0 Å². The van der Waals surface area contributed by atoms with Crippen LogP contribution in [-0.4, -0.2) is 25.9 Å². The number of halogens is 3. The van der Waals surface area contributed by atoms with Crippen molar-refractivity contribution in [3.8, 4) is 5.75 Å². The van der Waals surface area contributed by atoms with Gasteiger partial charge >= 0.3 is 6.18 Å². The first-order chi connectivity index (χ1) is 9.90. The quantitative estimate of drug-likeness (QED) is 0.904. The third-order valence-corrected chi connectivity index (χ3v) is 3.47. The van der Waals surface area contributed by atoms with E-state index in [0.717, 1.165) is 18.9 Å². The van der Waals surface area contributed by atoms with Crippen LogP contribution in [0.15, 0.2) is 18.2 Å². The fourth-order valence-corrected chi connectivity index (χ4v) is 2.43. The van der Waals surface area contributed by atoms with Crippen molar-refractivity contribution >= 4 is 0 Å². The maximum atomic E-state index is 13.1. The summed E-state index contributed by atoms with van der Waals surface area (Å²) in [7, 11) is 1.69. The van der Waals surface area contributed by atoms with Crippen LogP contribution in [0.5, 0.6) is 5.75 Å². The normalized spacial score (nSPS) is 22.5. The van der Waals surface area contributed by atoms with Crippen LogP contribution in [0.4, 0.5) is 13.2 Å². The summed E-state index contributed by atoms with van der Waals surface area (Å²) in [6.07, 6.45) is -2.67. The molecular formula is C15H20F3NO2. The number of alkyl halides is 3. The van der Waals surface area contributed by atoms with E-state index in [4.69, 9.17) is 9.47 Å². The van der Waals surface area contributed by atoms with E-state index in [1.807, 2.05) is 6.92 Å². The Hall–Kier alpha value is -1.27. The molecule has 0 bridgehead atoms. The zero-order valence-electron chi connectivity index (χ0n) is 12.2. The van der Waals surface area contributed by atoms with Gasteiger partial charge in [0.25, 0.3) is 0 Å². The molecule has 21 heavy (non-hydrogen) atoms. The largest absolute Gasteiger partial charge is 0.490 e. The van der Waals surface area contributed by atoms with Gasteiger partial charge in [0.2, 0.25) is 0 Å². The highest BCUT2D eigenvalue weighted by atomic mass is 19.4. The first-order valence-electron chi connectivity index (χ1n) is 7.03. The molecule has 0 saturated carbocycles. The van der Waals surface area contributed by atoms with Crippen molar-refractivity contribution in [3.05, 3.63) is 29.3 Å². The molecule has 0 aliphatic carbocycles. The van der Waals surface area contributed by atoms with Crippen molar-refractivity contribution in [2.45, 2.75) is 44.7 Å². The Morgan fingerprint density at radius 1 is 1.33 bits per heavy atom. The van der Waals surface area contributed by atoms with Gasteiger partial charge in [-0.2, -0.15) is 13.2 Å². The van der Waals surface area contributed by atoms with E-state index in [2.05, 4.69) is 5.32 Å². The van der Waals surface area contributed by atoms with Gasteiger partial charge in [0.15, 0.2) is 0 Å². The van der Waals surface area contributed by atoms with Crippen molar-refractivity contribution < 1.29 is 22.6 Å². The van der Waals surface area contributed by atoms with Crippen LogP contribution in [0.1, 0.15) is 30.9 Å². The standard InChI is InChI=1S/C15H20F3NO2/c1-10-3-5-12(21-10)9-20-14-6-4-11(8-19-2)7-13(14)15(16,17)18/h4,6-7,10,12,19H,3,5,8-9H2,1-2H3. The van der Waals surface area contributed by atoms with Gasteiger partial charge in [0.1, 0.15) is 12.4 Å². The molecule has 0 spiro atoms. The minimum atomic E-state index is -4.43. The molecule has 1 aliphatic rings. The van der Waals surface area contributed by atoms with E-state index < -0.39 is 11.7 Å². The Balaban J connectivity index is 2.10. The summed E-state index contributed by atoms with van der Waals surface area (Å²) in [5.74, 6) is -0.134. The summed E-state index contributed by atoms with van der Waals surface area (Å²) in [6.45, 7) is 2.49. The summed E-state index contributed by atoms with van der Waals surface area (Å²) >= 11 is 0. The molecule has 1 aliphatic heterocycles. The van der Waals surface area contributed by atoms with Crippen LogP contribution >= 0.6 is 0 Å². The number of ether oxygens (including phenoxy) is 2. The molecule has 118 valence electrons. The lowest BCUT2D eigenvalue weighted by Crippen LogP contribution is -2.19. The molecule has 1 aromatic rings. The lowest BCUT2D eigenvalue weighted by molar-refractivity contribution is -0.139. The zero-order chi connectivity index (χ0) is 15.5. The molecule has 0 radical (unpaired) electrons. The molecule has 1 fully saturated rings. The number of hydrogen-bond acceptors (Lipinski definition) is 3. The first-order valence-corrected chi connectivity index (χ1v) is 7.03. The molecule has 1 saturated heterocycles. The Kier molecular flexibility index (Phi) is 5.11. The summed E-state index contributed by atoms with van der Waals surface area (Å²) in [4.78, 5) is 0. The molecule has 2 rings (SSSR count). The zero-order valence-corrected chi connectivity index (χ0v) is 12.2. The maximum absolute atomic E-state index is 13.1. The Labute approximate surface area is 122 Å². The van der Waals surface area contributed by atoms with Crippen LogP contribution in [-0.2, 0) is 17.5 Å². The summed E-state index contributed by atoms with van der Waals surface area (Å²) in [6, 6.07) is 4.15. The fourth-order valence-electron chi connectivity index (χ4n) is 2.43. The van der Waals surface area contributed by atoms with E-state index in [0.29, 0.717) is 12.1 Å². The van der Waals surface area contributed by atoms with Gasteiger partial charge < -0.3 is 14.8 Å². The number of nitrogens with one attached hydrogen (secondary N) is 1. The fraction of sp³-hybridized carbons (Fsp3) is 0.600. The molecule has 2 atom stereocenters. The molecule has 1 N–H and O–H groups in total. The van der Waals surface area contributed by atoms with Crippen molar-refractivity contribution in [2.75, 3.05) is 13.7 Å². The number of rotatable bonds is 5. The van der Waals surface area contributed by atoms with E-state index in [9.17, 15) is 13.2 Å². The highest BCUT2D eigenvalue weighted by Gasteiger charge is 2.35. The highest BCUT2D eigenvalue weighted by molar-refractivity contribution is 5.39. The Morgan fingerprint density at radius 2 is 2.10 bits per heavy atom. The second kappa shape index (κ2) is 6.66. The predicted molar refractivity (Wildman–Crippen MR) is 73.3 cm³/mol. The Bertz CT molecular complexity index is 476. The molecule has 1 aromatic carbocycles. The van der Waals surface area contributed by atoms with Crippen molar-refractivity contribution in [1.29, 1.82) is 0 Å². The van der Waals surface area contributed by atoms with Gasteiger partial charge in [0.05, 0.1) is 17.8 Å². The topological polar surface area (TPSA) is 30.5 Å². The second-order valence-electron chi connectivity index (χ2n) is 5.32. The summed E-state index contributed by atoms with van der Waals surface area (Å²) < 4.78 is 50.2. The monoisotopic (exact) mass is 303 g/mol. The highest BCUT2D eigenvalue weighted by Crippen LogP contribution is 2.37. The summed E-state index contributed by atoms with van der Waals surface area (Å²) in [5.41, 5.74) is -0.163. The van der Waals surface area contributed by atoms with E-state index in [1.165, 1.54) is 6.07 Å². The lowest BCUT2D eigenvalue weighted by atomic mass is 10.1. The van der Waals surface area contributed by atoms with Crippen LogP contribution in [0.2, 0.25) is 0 Å². The minimum Gasteiger partial charge on any atom is -0.490 e. The van der Waals surface area contributed by atoms with Gasteiger partial charge in [-0.25, -0.2) is 0 Å². The maximum Gasteiger partial charge on any atom is 0.419 e. The number of hydrogen-bond donors (Lipinski definition) is 1. The average Bonchev–Trinajstić information content (AvgIpc) is 2.82. The summed E-state index contributed by atoms with van der Waals surface area (Å²) in [5, 5.41) is 2.84. The predicted octanol–water partition coefficient (Wildman–Crippen LogP) is 3.37. The van der Waals surface area contributed by atoms with Crippen LogP contribution in [0, 0.1) is 0 Å². The van der Waals surface area contributed by atoms with Gasteiger partial charge in [-0.1, -0.05) is 6.07 Å². The van der Waals surface area contributed by atoms with Crippen molar-refractivity contribution in [1.82, 2.24) is 5.32 Å². The van der Waals surface area contributed by atoms with Crippen LogP contribution in [0.25, 0.3) is 0 Å². The van der Waals surface area contributed by atoms with Gasteiger partial charge in [-0.3, -0.25) is 0 Å². The van der Waals surface area contributed by atoms with Crippen molar-refractivity contribution in [3.63, 3.8) is 0 Å².